The molecule has 5 rings (SSSR count). The van der Waals surface area contributed by atoms with Gasteiger partial charge in [-0.15, -0.1) is 0 Å². The standard InChI is InChI=1S/C30H36ClN7O/c1-37(2)15-5-8-28(39)34-22-11-9-21(10-12-22)20-38-16-13-23(14-17-38)35-30-33-19-26(31)29(36-30)25-18-32-27-7-4-3-6-24(25)27/h3-4,6-7,9-12,18-19,23,32H,5,8,13-17,20H2,1-2H3,(H,34,39)(H,33,35,36). The molecule has 0 atom stereocenters. The van der Waals surface area contributed by atoms with E-state index in [1.54, 1.807) is 6.20 Å². The molecule has 1 amide bonds. The zero-order valence-electron chi connectivity index (χ0n) is 22.6. The van der Waals surface area contributed by atoms with Crippen LogP contribution in [0.1, 0.15) is 31.2 Å². The summed E-state index contributed by atoms with van der Waals surface area (Å²) in [4.78, 5) is 29.2. The Morgan fingerprint density at radius 2 is 1.90 bits per heavy atom. The van der Waals surface area contributed by atoms with Gasteiger partial charge in [0, 0.05) is 60.4 Å². The van der Waals surface area contributed by atoms with Gasteiger partial charge >= 0.3 is 0 Å². The average molecular weight is 546 g/mol. The van der Waals surface area contributed by atoms with Crippen molar-refractivity contribution in [2.75, 3.05) is 44.4 Å². The third-order valence-corrected chi connectivity index (χ3v) is 7.44. The highest BCUT2D eigenvalue weighted by Gasteiger charge is 2.21. The van der Waals surface area contributed by atoms with E-state index >= 15 is 0 Å². The number of aromatic amines is 1. The Morgan fingerprint density at radius 3 is 2.67 bits per heavy atom. The van der Waals surface area contributed by atoms with E-state index in [1.165, 1.54) is 5.56 Å². The van der Waals surface area contributed by atoms with Crippen molar-refractivity contribution in [3.05, 3.63) is 71.5 Å². The number of carbonyl (C=O) groups excluding carboxylic acids is 1. The molecule has 0 bridgehead atoms. The number of hydrogen-bond donors (Lipinski definition) is 3. The summed E-state index contributed by atoms with van der Waals surface area (Å²) in [5.41, 5.74) is 4.87. The average Bonchev–Trinajstić information content (AvgIpc) is 3.36. The van der Waals surface area contributed by atoms with Crippen molar-refractivity contribution < 1.29 is 4.79 Å². The van der Waals surface area contributed by atoms with Crippen LogP contribution in [0.2, 0.25) is 5.02 Å². The van der Waals surface area contributed by atoms with E-state index in [4.69, 9.17) is 16.6 Å². The highest BCUT2D eigenvalue weighted by atomic mass is 35.5. The largest absolute Gasteiger partial charge is 0.360 e. The normalized spacial score (nSPS) is 14.7. The molecule has 8 nitrogen and oxygen atoms in total. The lowest BCUT2D eigenvalue weighted by atomic mass is 10.0. The second kappa shape index (κ2) is 12.6. The molecule has 3 heterocycles. The van der Waals surface area contributed by atoms with Gasteiger partial charge in [0.2, 0.25) is 11.9 Å². The summed E-state index contributed by atoms with van der Waals surface area (Å²) in [6.45, 7) is 3.79. The molecule has 1 saturated heterocycles. The van der Waals surface area contributed by atoms with Gasteiger partial charge in [-0.3, -0.25) is 9.69 Å². The van der Waals surface area contributed by atoms with Crippen LogP contribution in [0.25, 0.3) is 22.2 Å². The van der Waals surface area contributed by atoms with Crippen LogP contribution >= 0.6 is 11.6 Å². The van der Waals surface area contributed by atoms with Crippen molar-refractivity contribution in [1.29, 1.82) is 0 Å². The van der Waals surface area contributed by atoms with E-state index in [0.29, 0.717) is 23.4 Å². The number of nitrogens with zero attached hydrogens (tertiary/aromatic N) is 4. The van der Waals surface area contributed by atoms with E-state index in [-0.39, 0.29) is 5.91 Å². The summed E-state index contributed by atoms with van der Waals surface area (Å²) in [5.74, 6) is 0.676. The van der Waals surface area contributed by atoms with Crippen LogP contribution in [0.15, 0.2) is 60.9 Å². The van der Waals surface area contributed by atoms with Crippen molar-refractivity contribution in [2.24, 2.45) is 0 Å². The minimum absolute atomic E-state index is 0.0670. The second-order valence-electron chi connectivity index (χ2n) is 10.5. The molecule has 0 aliphatic carbocycles. The number of carbonyl (C=O) groups is 1. The number of aromatic nitrogens is 3. The number of fused-ring (bicyclic) bond motifs is 1. The van der Waals surface area contributed by atoms with Crippen LogP contribution in [0.3, 0.4) is 0 Å². The van der Waals surface area contributed by atoms with Gasteiger partial charge in [0.1, 0.15) is 0 Å². The Balaban J connectivity index is 1.11. The molecule has 3 N–H and O–H groups in total. The Morgan fingerprint density at radius 1 is 1.13 bits per heavy atom. The van der Waals surface area contributed by atoms with E-state index in [9.17, 15) is 4.79 Å². The Bertz CT molecular complexity index is 1390. The number of amides is 1. The lowest BCUT2D eigenvalue weighted by molar-refractivity contribution is -0.116. The molecule has 2 aromatic heterocycles. The number of benzene rings is 2. The predicted octanol–water partition coefficient (Wildman–Crippen LogP) is 5.64. The van der Waals surface area contributed by atoms with Crippen LogP contribution in [-0.2, 0) is 11.3 Å². The Hall–Kier alpha value is -3.46. The summed E-state index contributed by atoms with van der Waals surface area (Å²) in [7, 11) is 4.04. The quantitative estimate of drug-likeness (QED) is 0.239. The van der Waals surface area contributed by atoms with E-state index < -0.39 is 0 Å². The lowest BCUT2D eigenvalue weighted by Gasteiger charge is -2.32. The van der Waals surface area contributed by atoms with E-state index in [1.807, 2.05) is 50.6 Å². The molecule has 1 fully saturated rings. The first-order valence-electron chi connectivity index (χ1n) is 13.6. The maximum Gasteiger partial charge on any atom is 0.224 e. The second-order valence-corrected chi connectivity index (χ2v) is 10.9. The predicted molar refractivity (Wildman–Crippen MR) is 159 cm³/mol. The van der Waals surface area contributed by atoms with Gasteiger partial charge in [0.05, 0.1) is 16.9 Å². The maximum absolute atomic E-state index is 12.1. The first kappa shape index (κ1) is 27.1. The van der Waals surface area contributed by atoms with Crippen LogP contribution in [-0.4, -0.2) is 70.4 Å². The SMILES string of the molecule is CN(C)CCCC(=O)Nc1ccc(CN2CCC(Nc3ncc(Cl)c(-c4c[nH]c5ccccc45)n3)CC2)cc1. The van der Waals surface area contributed by atoms with Gasteiger partial charge in [0.25, 0.3) is 0 Å². The van der Waals surface area contributed by atoms with Crippen LogP contribution < -0.4 is 10.6 Å². The first-order chi connectivity index (χ1) is 18.9. The zero-order chi connectivity index (χ0) is 27.2. The molecule has 0 spiro atoms. The molecule has 2 aromatic carbocycles. The molecule has 1 aliphatic heterocycles. The van der Waals surface area contributed by atoms with E-state index in [0.717, 1.165) is 73.3 Å². The fourth-order valence-electron chi connectivity index (χ4n) is 5.04. The number of H-pyrrole nitrogens is 1. The molecule has 1 aliphatic rings. The van der Waals surface area contributed by atoms with Crippen molar-refractivity contribution in [3.63, 3.8) is 0 Å². The molecular formula is C30H36ClN7O. The van der Waals surface area contributed by atoms with Gasteiger partial charge in [-0.05, 0) is 63.7 Å². The van der Waals surface area contributed by atoms with Crippen molar-refractivity contribution in [1.82, 2.24) is 24.8 Å². The molecule has 39 heavy (non-hydrogen) atoms. The van der Waals surface area contributed by atoms with Crippen molar-refractivity contribution in [3.8, 4) is 11.3 Å². The molecular weight excluding hydrogens is 510 g/mol. The monoisotopic (exact) mass is 545 g/mol. The van der Waals surface area contributed by atoms with Gasteiger partial charge in [-0.2, -0.15) is 0 Å². The van der Waals surface area contributed by atoms with Gasteiger partial charge in [0.15, 0.2) is 0 Å². The fraction of sp³-hybridized carbons (Fsp3) is 0.367. The first-order valence-corrected chi connectivity index (χ1v) is 13.9. The fourth-order valence-corrected chi connectivity index (χ4v) is 5.23. The van der Waals surface area contributed by atoms with Crippen LogP contribution in [0, 0.1) is 0 Å². The smallest absolute Gasteiger partial charge is 0.224 e. The molecule has 204 valence electrons. The third kappa shape index (κ3) is 7.15. The summed E-state index contributed by atoms with van der Waals surface area (Å²) in [6, 6.07) is 16.6. The number of rotatable bonds is 10. The molecule has 0 saturated carbocycles. The summed E-state index contributed by atoms with van der Waals surface area (Å²) in [6.07, 6.45) is 7.05. The molecule has 0 radical (unpaired) electrons. The number of nitrogens with one attached hydrogen (secondary N) is 3. The lowest BCUT2D eigenvalue weighted by Crippen LogP contribution is -2.39. The highest BCUT2D eigenvalue weighted by molar-refractivity contribution is 6.33. The number of halogens is 1. The number of hydrogen-bond acceptors (Lipinski definition) is 6. The van der Waals surface area contributed by atoms with Gasteiger partial charge in [-0.25, -0.2) is 9.97 Å². The Kier molecular flexibility index (Phi) is 8.76. The summed E-state index contributed by atoms with van der Waals surface area (Å²) in [5, 5.41) is 8.16. The molecule has 0 unspecified atom stereocenters. The topological polar surface area (TPSA) is 89.2 Å². The number of para-hydroxylation sites is 1. The highest BCUT2D eigenvalue weighted by Crippen LogP contribution is 2.32. The summed E-state index contributed by atoms with van der Waals surface area (Å²) < 4.78 is 0. The van der Waals surface area contributed by atoms with Crippen molar-refractivity contribution >= 4 is 40.0 Å². The van der Waals surface area contributed by atoms with Crippen LogP contribution in [0.5, 0.6) is 0 Å². The number of anilines is 2. The molecule has 9 heteroatoms. The van der Waals surface area contributed by atoms with Crippen LogP contribution in [0.4, 0.5) is 11.6 Å². The number of likely N-dealkylation sites (tertiary alicyclic amines) is 1. The molecule has 4 aromatic rings. The van der Waals surface area contributed by atoms with E-state index in [2.05, 4.69) is 48.6 Å². The minimum atomic E-state index is 0.0670. The number of piperidine rings is 1. The van der Waals surface area contributed by atoms with Gasteiger partial charge < -0.3 is 20.5 Å². The Labute approximate surface area is 234 Å². The maximum atomic E-state index is 12.1. The van der Waals surface area contributed by atoms with Gasteiger partial charge in [-0.1, -0.05) is 41.9 Å². The van der Waals surface area contributed by atoms with Crippen molar-refractivity contribution in [2.45, 2.75) is 38.3 Å². The summed E-state index contributed by atoms with van der Waals surface area (Å²) >= 11 is 6.50. The third-order valence-electron chi connectivity index (χ3n) is 7.16. The minimum Gasteiger partial charge on any atom is -0.360 e. The zero-order valence-corrected chi connectivity index (χ0v) is 23.3.